The first-order valence-electron chi connectivity index (χ1n) is 2.95. The van der Waals surface area contributed by atoms with Crippen molar-refractivity contribution < 1.29 is 4.79 Å². The largest absolute Gasteiger partial charge is 0.352 e. The average Bonchev–Trinajstić information content (AvgIpc) is 1.80. The van der Waals surface area contributed by atoms with E-state index in [9.17, 15) is 4.79 Å². The van der Waals surface area contributed by atoms with Crippen LogP contribution in [0.3, 0.4) is 0 Å². The maximum absolute atomic E-state index is 10.0. The van der Waals surface area contributed by atoms with Crippen molar-refractivity contribution in [3.05, 3.63) is 12.2 Å². The van der Waals surface area contributed by atoms with Gasteiger partial charge in [-0.3, -0.25) is 0 Å². The summed E-state index contributed by atoms with van der Waals surface area (Å²) in [6.07, 6.45) is 4.82. The summed E-state index contributed by atoms with van der Waals surface area (Å²) in [5, 5.41) is 2.43. The zero-order valence-corrected chi connectivity index (χ0v) is 5.55. The molecule has 3 nitrogen and oxygen atoms in total. The molecule has 0 heterocycles. The van der Waals surface area contributed by atoms with Crippen molar-refractivity contribution >= 4 is 6.03 Å². The van der Waals surface area contributed by atoms with Gasteiger partial charge in [-0.25, -0.2) is 4.79 Å². The van der Waals surface area contributed by atoms with Gasteiger partial charge in [0.2, 0.25) is 0 Å². The molecule has 0 unspecified atom stereocenters. The topological polar surface area (TPSA) is 55.1 Å². The quantitative estimate of drug-likeness (QED) is 0.538. The van der Waals surface area contributed by atoms with E-state index in [0.29, 0.717) is 6.54 Å². The van der Waals surface area contributed by atoms with Crippen molar-refractivity contribution in [3.63, 3.8) is 0 Å². The molecule has 9 heavy (non-hydrogen) atoms. The Labute approximate surface area is 54.9 Å². The summed E-state index contributed by atoms with van der Waals surface area (Å²) in [7, 11) is 0. The smallest absolute Gasteiger partial charge is 0.312 e. The van der Waals surface area contributed by atoms with Gasteiger partial charge < -0.3 is 11.1 Å². The molecule has 0 aromatic carbocycles. The van der Waals surface area contributed by atoms with Gasteiger partial charge in [0, 0.05) is 6.54 Å². The number of nitrogens with one attached hydrogen (secondary N) is 1. The van der Waals surface area contributed by atoms with Gasteiger partial charge in [-0.05, 0) is 6.42 Å². The molecule has 0 spiro atoms. The molecule has 0 bridgehead atoms. The van der Waals surface area contributed by atoms with Crippen molar-refractivity contribution in [3.8, 4) is 0 Å². The molecule has 0 aromatic heterocycles. The van der Waals surface area contributed by atoms with E-state index in [1.807, 2.05) is 19.1 Å². The summed E-state index contributed by atoms with van der Waals surface area (Å²) in [4.78, 5) is 10.0. The Kier molecular flexibility index (Phi) is 4.59. The van der Waals surface area contributed by atoms with Crippen molar-refractivity contribution in [1.29, 1.82) is 0 Å². The van der Waals surface area contributed by atoms with Crippen LogP contribution in [0.15, 0.2) is 12.2 Å². The summed E-state index contributed by atoms with van der Waals surface area (Å²) < 4.78 is 0. The highest BCUT2D eigenvalue weighted by Gasteiger charge is 1.82. The molecule has 0 rings (SSSR count). The Bertz CT molecular complexity index is 110. The number of hydrogen-bond acceptors (Lipinski definition) is 1. The summed E-state index contributed by atoms with van der Waals surface area (Å²) in [6, 6.07) is -0.476. The molecule has 2 amide bonds. The molecule has 0 aromatic rings. The van der Waals surface area contributed by atoms with Gasteiger partial charge in [-0.15, -0.1) is 0 Å². The van der Waals surface area contributed by atoms with Crippen molar-refractivity contribution in [2.75, 3.05) is 6.54 Å². The number of carbonyl (C=O) groups is 1. The van der Waals surface area contributed by atoms with Crippen molar-refractivity contribution in [1.82, 2.24) is 5.32 Å². The molecular formula is C6H12N2O. The Morgan fingerprint density at radius 2 is 2.33 bits per heavy atom. The molecule has 0 aliphatic rings. The molecule has 0 saturated heterocycles. The number of rotatable bonds is 3. The van der Waals surface area contributed by atoms with Crippen LogP contribution < -0.4 is 11.1 Å². The Morgan fingerprint density at radius 3 is 2.78 bits per heavy atom. The van der Waals surface area contributed by atoms with Crippen molar-refractivity contribution in [2.24, 2.45) is 5.73 Å². The Hall–Kier alpha value is -0.990. The second kappa shape index (κ2) is 5.15. The predicted octanol–water partition coefficient (Wildman–Crippen LogP) is 0.621. The molecule has 0 fully saturated rings. The number of urea groups is 1. The number of allylic oxidation sites excluding steroid dienone is 1. The molecule has 0 atom stereocenters. The molecule has 0 aliphatic heterocycles. The fraction of sp³-hybridized carbons (Fsp3) is 0.500. The van der Waals surface area contributed by atoms with Gasteiger partial charge in [0.25, 0.3) is 0 Å². The summed E-state index contributed by atoms with van der Waals surface area (Å²) in [6.45, 7) is 2.56. The third kappa shape index (κ3) is 7.01. The van der Waals surface area contributed by atoms with E-state index in [1.54, 1.807) is 0 Å². The first-order valence-corrected chi connectivity index (χ1v) is 2.95. The van der Waals surface area contributed by atoms with Gasteiger partial charge in [-0.2, -0.15) is 0 Å². The lowest BCUT2D eigenvalue weighted by Crippen LogP contribution is -2.29. The van der Waals surface area contributed by atoms with E-state index >= 15 is 0 Å². The van der Waals surface area contributed by atoms with Crippen LogP contribution in [0.4, 0.5) is 4.79 Å². The van der Waals surface area contributed by atoms with Crippen LogP contribution in [0.1, 0.15) is 13.3 Å². The van der Waals surface area contributed by atoms with Crippen LogP contribution >= 0.6 is 0 Å². The molecular weight excluding hydrogens is 116 g/mol. The summed E-state index contributed by atoms with van der Waals surface area (Å²) in [5.41, 5.74) is 4.79. The number of carbonyl (C=O) groups excluding carboxylic acids is 1. The molecule has 3 N–H and O–H groups in total. The third-order valence-electron chi connectivity index (χ3n) is 0.797. The zero-order valence-electron chi connectivity index (χ0n) is 5.55. The van der Waals surface area contributed by atoms with Crippen LogP contribution in [-0.2, 0) is 0 Å². The van der Waals surface area contributed by atoms with Gasteiger partial charge in [0.1, 0.15) is 0 Å². The second-order valence-corrected chi connectivity index (χ2v) is 1.62. The molecule has 0 aliphatic carbocycles. The standard InChI is InChI=1S/C6H12N2O/c1-2-3-4-5-8-6(7)9/h3-4H,2,5H2,1H3,(H3,7,8,9)/b4-3+. The van der Waals surface area contributed by atoms with E-state index in [2.05, 4.69) is 5.32 Å². The first kappa shape index (κ1) is 8.01. The lowest BCUT2D eigenvalue weighted by molar-refractivity contribution is 0.250. The highest BCUT2D eigenvalue weighted by atomic mass is 16.2. The van der Waals surface area contributed by atoms with Gasteiger partial charge in [-0.1, -0.05) is 19.1 Å². The van der Waals surface area contributed by atoms with E-state index in [0.717, 1.165) is 6.42 Å². The fourth-order valence-electron chi connectivity index (χ4n) is 0.410. The van der Waals surface area contributed by atoms with E-state index < -0.39 is 6.03 Å². The van der Waals surface area contributed by atoms with Crippen LogP contribution in [-0.4, -0.2) is 12.6 Å². The van der Waals surface area contributed by atoms with Gasteiger partial charge >= 0.3 is 6.03 Å². The fourth-order valence-corrected chi connectivity index (χ4v) is 0.410. The minimum atomic E-state index is -0.476. The lowest BCUT2D eigenvalue weighted by atomic mass is 10.4. The van der Waals surface area contributed by atoms with Gasteiger partial charge in [0.05, 0.1) is 0 Å². The maximum atomic E-state index is 10.0. The highest BCUT2D eigenvalue weighted by molar-refractivity contribution is 5.71. The van der Waals surface area contributed by atoms with Crippen LogP contribution in [0.5, 0.6) is 0 Å². The van der Waals surface area contributed by atoms with E-state index in [1.165, 1.54) is 0 Å². The molecule has 0 saturated carbocycles. The number of nitrogens with two attached hydrogens (primary N) is 1. The Morgan fingerprint density at radius 1 is 1.67 bits per heavy atom. The third-order valence-corrected chi connectivity index (χ3v) is 0.797. The number of primary amides is 1. The SMILES string of the molecule is CC/C=C/CNC(N)=O. The Balaban J connectivity index is 3.09. The van der Waals surface area contributed by atoms with E-state index in [-0.39, 0.29) is 0 Å². The molecule has 0 radical (unpaired) electrons. The van der Waals surface area contributed by atoms with Crippen molar-refractivity contribution in [2.45, 2.75) is 13.3 Å². The minimum Gasteiger partial charge on any atom is -0.352 e. The van der Waals surface area contributed by atoms with E-state index in [4.69, 9.17) is 5.73 Å². The summed E-state index contributed by atoms with van der Waals surface area (Å²) >= 11 is 0. The summed E-state index contributed by atoms with van der Waals surface area (Å²) in [5.74, 6) is 0. The average molecular weight is 128 g/mol. The molecule has 52 valence electrons. The minimum absolute atomic E-state index is 0.476. The lowest BCUT2D eigenvalue weighted by Gasteiger charge is -1.92. The van der Waals surface area contributed by atoms with Gasteiger partial charge in [0.15, 0.2) is 0 Å². The van der Waals surface area contributed by atoms with Crippen LogP contribution in [0, 0.1) is 0 Å². The maximum Gasteiger partial charge on any atom is 0.312 e. The predicted molar refractivity (Wildman–Crippen MR) is 37.0 cm³/mol. The second-order valence-electron chi connectivity index (χ2n) is 1.62. The van der Waals surface area contributed by atoms with Crippen LogP contribution in [0.2, 0.25) is 0 Å². The number of hydrogen-bond donors (Lipinski definition) is 2. The molecule has 3 heteroatoms. The zero-order chi connectivity index (χ0) is 7.11. The highest BCUT2D eigenvalue weighted by Crippen LogP contribution is 1.76. The monoisotopic (exact) mass is 128 g/mol. The number of amides is 2. The normalized spacial score (nSPS) is 9.89. The van der Waals surface area contributed by atoms with Crippen LogP contribution in [0.25, 0.3) is 0 Å². The first-order chi connectivity index (χ1) is 4.27.